The van der Waals surface area contributed by atoms with Crippen molar-refractivity contribution in [2.24, 2.45) is 5.92 Å². The van der Waals surface area contributed by atoms with Crippen molar-refractivity contribution in [1.82, 2.24) is 4.90 Å². The molecule has 4 nitrogen and oxygen atoms in total. The lowest BCUT2D eigenvalue weighted by atomic mass is 9.82. The molecule has 1 N–H and O–H groups in total. The minimum Gasteiger partial charge on any atom is -0.444 e. The lowest BCUT2D eigenvalue weighted by Crippen LogP contribution is -2.41. The first-order valence-corrected chi connectivity index (χ1v) is 5.40. The van der Waals surface area contributed by atoms with Crippen molar-refractivity contribution in [1.29, 1.82) is 0 Å². The second-order valence-corrected chi connectivity index (χ2v) is 5.35. The largest absolute Gasteiger partial charge is 0.444 e. The van der Waals surface area contributed by atoms with Gasteiger partial charge in [-0.1, -0.05) is 0 Å². The third-order valence-corrected chi connectivity index (χ3v) is 2.45. The van der Waals surface area contributed by atoms with E-state index in [9.17, 15) is 4.79 Å². The standard InChI is InChI=1S/C11H21NO3/c1-11(2,3)15-10(14)12(4)7-8-5-9(13)6-8/h8-9,13H,5-7H2,1-4H3. The predicted molar refractivity (Wildman–Crippen MR) is 57.6 cm³/mol. The second kappa shape index (κ2) is 4.39. The highest BCUT2D eigenvalue weighted by Gasteiger charge is 2.30. The van der Waals surface area contributed by atoms with E-state index in [0.29, 0.717) is 12.5 Å². The van der Waals surface area contributed by atoms with Gasteiger partial charge in [-0.15, -0.1) is 0 Å². The normalized spacial score (nSPS) is 25.7. The van der Waals surface area contributed by atoms with Crippen LogP contribution in [0.4, 0.5) is 4.79 Å². The van der Waals surface area contributed by atoms with Crippen LogP contribution in [0.3, 0.4) is 0 Å². The van der Waals surface area contributed by atoms with Crippen LogP contribution in [-0.4, -0.2) is 41.4 Å². The molecular weight excluding hydrogens is 194 g/mol. The molecule has 1 saturated carbocycles. The molecule has 0 aromatic rings. The predicted octanol–water partition coefficient (Wildman–Crippen LogP) is 1.62. The molecule has 15 heavy (non-hydrogen) atoms. The van der Waals surface area contributed by atoms with Crippen LogP contribution in [0.25, 0.3) is 0 Å². The Labute approximate surface area is 91.2 Å². The number of ether oxygens (including phenoxy) is 1. The van der Waals surface area contributed by atoms with Gasteiger partial charge in [0.2, 0.25) is 0 Å². The zero-order chi connectivity index (χ0) is 11.6. The van der Waals surface area contributed by atoms with Crippen LogP contribution in [-0.2, 0) is 4.74 Å². The van der Waals surface area contributed by atoms with Crippen LogP contribution < -0.4 is 0 Å². The molecule has 0 aromatic heterocycles. The van der Waals surface area contributed by atoms with Gasteiger partial charge in [-0.05, 0) is 39.5 Å². The quantitative estimate of drug-likeness (QED) is 0.761. The van der Waals surface area contributed by atoms with Gasteiger partial charge in [-0.2, -0.15) is 0 Å². The Kier molecular flexibility index (Phi) is 3.60. The zero-order valence-electron chi connectivity index (χ0n) is 9.99. The maximum Gasteiger partial charge on any atom is 0.410 e. The van der Waals surface area contributed by atoms with Gasteiger partial charge >= 0.3 is 6.09 Å². The lowest BCUT2D eigenvalue weighted by molar-refractivity contribution is 0.00510. The van der Waals surface area contributed by atoms with E-state index in [1.54, 1.807) is 11.9 Å². The minimum absolute atomic E-state index is 0.165. The van der Waals surface area contributed by atoms with Gasteiger partial charge in [0.05, 0.1) is 6.10 Å². The van der Waals surface area contributed by atoms with Crippen molar-refractivity contribution < 1.29 is 14.6 Å². The molecule has 1 aliphatic rings. The smallest absolute Gasteiger partial charge is 0.410 e. The summed E-state index contributed by atoms with van der Waals surface area (Å²) in [6.07, 6.45) is 1.14. The molecule has 88 valence electrons. The molecule has 0 radical (unpaired) electrons. The molecule has 1 fully saturated rings. The highest BCUT2D eigenvalue weighted by atomic mass is 16.6. The molecule has 0 aromatic carbocycles. The molecule has 0 heterocycles. The van der Waals surface area contributed by atoms with E-state index in [2.05, 4.69) is 0 Å². The first kappa shape index (κ1) is 12.3. The van der Waals surface area contributed by atoms with Crippen LogP contribution in [0.15, 0.2) is 0 Å². The molecule has 1 amide bonds. The molecule has 0 bridgehead atoms. The van der Waals surface area contributed by atoms with E-state index in [0.717, 1.165) is 12.8 Å². The number of aliphatic hydroxyl groups is 1. The average molecular weight is 215 g/mol. The first-order valence-electron chi connectivity index (χ1n) is 5.40. The number of hydrogen-bond acceptors (Lipinski definition) is 3. The van der Waals surface area contributed by atoms with Gasteiger partial charge in [0.1, 0.15) is 5.60 Å². The van der Waals surface area contributed by atoms with Crippen molar-refractivity contribution >= 4 is 6.09 Å². The van der Waals surface area contributed by atoms with E-state index in [-0.39, 0.29) is 12.2 Å². The third kappa shape index (κ3) is 4.08. The summed E-state index contributed by atoms with van der Waals surface area (Å²) in [5, 5.41) is 9.12. The fraction of sp³-hybridized carbons (Fsp3) is 0.909. The Balaban J connectivity index is 2.27. The van der Waals surface area contributed by atoms with Gasteiger partial charge in [0, 0.05) is 13.6 Å². The Morgan fingerprint density at radius 1 is 1.47 bits per heavy atom. The lowest BCUT2D eigenvalue weighted by Gasteiger charge is -2.34. The number of hydrogen-bond donors (Lipinski definition) is 1. The summed E-state index contributed by atoms with van der Waals surface area (Å²) in [5.41, 5.74) is -0.440. The number of carbonyl (C=O) groups is 1. The number of amides is 1. The van der Waals surface area contributed by atoms with Gasteiger partial charge in [-0.3, -0.25) is 0 Å². The van der Waals surface area contributed by atoms with Crippen LogP contribution in [0, 0.1) is 5.92 Å². The summed E-state index contributed by atoms with van der Waals surface area (Å²) in [6.45, 7) is 6.23. The maximum atomic E-state index is 11.6. The molecule has 0 aliphatic heterocycles. The Morgan fingerprint density at radius 3 is 2.40 bits per heavy atom. The molecule has 4 heteroatoms. The molecule has 0 spiro atoms. The fourth-order valence-electron chi connectivity index (χ4n) is 1.65. The number of rotatable bonds is 2. The van der Waals surface area contributed by atoms with Gasteiger partial charge in [-0.25, -0.2) is 4.79 Å². The van der Waals surface area contributed by atoms with Crippen molar-refractivity contribution in [2.75, 3.05) is 13.6 Å². The highest BCUT2D eigenvalue weighted by Crippen LogP contribution is 2.27. The summed E-state index contributed by atoms with van der Waals surface area (Å²) in [7, 11) is 1.73. The molecule has 0 unspecified atom stereocenters. The summed E-state index contributed by atoms with van der Waals surface area (Å²) in [5.74, 6) is 0.428. The highest BCUT2D eigenvalue weighted by molar-refractivity contribution is 5.67. The van der Waals surface area contributed by atoms with Crippen LogP contribution >= 0.6 is 0 Å². The molecule has 0 atom stereocenters. The number of aliphatic hydroxyl groups excluding tert-OH is 1. The van der Waals surface area contributed by atoms with Crippen molar-refractivity contribution in [3.05, 3.63) is 0 Å². The van der Waals surface area contributed by atoms with Crippen LogP contribution in [0.1, 0.15) is 33.6 Å². The van der Waals surface area contributed by atoms with E-state index < -0.39 is 5.60 Å². The van der Waals surface area contributed by atoms with E-state index in [4.69, 9.17) is 9.84 Å². The van der Waals surface area contributed by atoms with E-state index in [1.807, 2.05) is 20.8 Å². The summed E-state index contributed by atoms with van der Waals surface area (Å²) in [6, 6.07) is 0. The van der Waals surface area contributed by atoms with E-state index in [1.165, 1.54) is 0 Å². The van der Waals surface area contributed by atoms with Crippen molar-refractivity contribution in [3.8, 4) is 0 Å². The molecule has 1 rings (SSSR count). The van der Waals surface area contributed by atoms with E-state index >= 15 is 0 Å². The van der Waals surface area contributed by atoms with Gasteiger partial charge < -0.3 is 14.7 Å². The topological polar surface area (TPSA) is 49.8 Å². The fourth-order valence-corrected chi connectivity index (χ4v) is 1.65. The average Bonchev–Trinajstić information content (AvgIpc) is 1.98. The third-order valence-electron chi connectivity index (χ3n) is 2.45. The summed E-state index contributed by atoms with van der Waals surface area (Å²) in [4.78, 5) is 13.1. The monoisotopic (exact) mass is 215 g/mol. The maximum absolute atomic E-state index is 11.6. The Morgan fingerprint density at radius 2 is 2.00 bits per heavy atom. The minimum atomic E-state index is -0.440. The SMILES string of the molecule is CN(CC1CC(O)C1)C(=O)OC(C)(C)C. The number of carbonyl (C=O) groups excluding carboxylic acids is 1. The first-order chi connectivity index (χ1) is 6.78. The summed E-state index contributed by atoms with van der Waals surface area (Å²) < 4.78 is 5.22. The molecule has 0 saturated heterocycles. The second-order valence-electron chi connectivity index (χ2n) is 5.35. The van der Waals surface area contributed by atoms with Crippen LogP contribution in [0.5, 0.6) is 0 Å². The zero-order valence-corrected chi connectivity index (χ0v) is 9.99. The Bertz CT molecular complexity index is 228. The van der Waals surface area contributed by atoms with Crippen molar-refractivity contribution in [2.45, 2.75) is 45.3 Å². The Hall–Kier alpha value is -0.770. The van der Waals surface area contributed by atoms with Gasteiger partial charge in [0.15, 0.2) is 0 Å². The van der Waals surface area contributed by atoms with Crippen molar-refractivity contribution in [3.63, 3.8) is 0 Å². The van der Waals surface area contributed by atoms with Gasteiger partial charge in [0.25, 0.3) is 0 Å². The summed E-state index contributed by atoms with van der Waals surface area (Å²) >= 11 is 0. The van der Waals surface area contributed by atoms with Crippen LogP contribution in [0.2, 0.25) is 0 Å². The number of nitrogens with zero attached hydrogens (tertiary/aromatic N) is 1. The molecular formula is C11H21NO3. The molecule has 1 aliphatic carbocycles.